The predicted octanol–water partition coefficient (Wildman–Crippen LogP) is -1.09. The summed E-state index contributed by atoms with van der Waals surface area (Å²) in [6.07, 6.45) is -15.4. The van der Waals surface area contributed by atoms with Crippen LogP contribution in [0.1, 0.15) is 6.92 Å². The van der Waals surface area contributed by atoms with Gasteiger partial charge in [-0.1, -0.05) is 0 Å². The average molecular weight is 609 g/mol. The molecule has 0 aliphatic carbocycles. The minimum Gasteiger partial charge on any atom is -0.507 e. The van der Waals surface area contributed by atoms with Crippen LogP contribution in [0.3, 0.4) is 0 Å². The number of aliphatic hydroxyl groups excluding tert-OH is 6. The van der Waals surface area contributed by atoms with Gasteiger partial charge in [0.15, 0.2) is 29.3 Å². The van der Waals surface area contributed by atoms with E-state index in [0.717, 1.165) is 12.1 Å². The number of hydrogen-bond acceptors (Lipinski definition) is 15. The average Bonchev–Trinajstić information content (AvgIpc) is 2.97. The molecule has 15 nitrogen and oxygen atoms in total. The first kappa shape index (κ1) is 30.9. The van der Waals surface area contributed by atoms with E-state index in [9.17, 15) is 45.6 Å². The largest absolute Gasteiger partial charge is 0.507 e. The van der Waals surface area contributed by atoms with Gasteiger partial charge < -0.3 is 69.0 Å². The number of methoxy groups -OCH3 is 1. The van der Waals surface area contributed by atoms with Crippen molar-refractivity contribution in [2.75, 3.05) is 13.7 Å². The number of hydrogen-bond donors (Lipinski definition) is 8. The van der Waals surface area contributed by atoms with E-state index >= 15 is 0 Å². The maximum absolute atomic E-state index is 12.9. The molecule has 2 fully saturated rings. The molecule has 2 aromatic carbocycles. The van der Waals surface area contributed by atoms with E-state index in [-0.39, 0.29) is 34.0 Å². The SMILES string of the molecule is COc1ccc(-c2cc(=O)c3c(O)cc(O[C@H]4O[C@@H](CO)[C@H](O)[C@@H](O)[C@@H]4O[C@H]4O[C@@H](C)[C@H](O)[C@@H](O)[C@H]4O)cc3o2)cc1O. The number of aromatic hydroxyl groups is 2. The zero-order valence-electron chi connectivity index (χ0n) is 22.9. The zero-order valence-corrected chi connectivity index (χ0v) is 22.9. The molecule has 1 aromatic heterocycles. The van der Waals surface area contributed by atoms with E-state index in [1.165, 1.54) is 32.2 Å². The molecule has 2 aliphatic heterocycles. The highest BCUT2D eigenvalue weighted by atomic mass is 16.8. The van der Waals surface area contributed by atoms with Crippen LogP contribution in [-0.4, -0.2) is 116 Å². The molecule has 0 unspecified atom stereocenters. The van der Waals surface area contributed by atoms with Crippen LogP contribution in [0.15, 0.2) is 45.6 Å². The number of aliphatic hydroxyl groups is 6. The van der Waals surface area contributed by atoms with Crippen LogP contribution in [0.4, 0.5) is 0 Å². The third-order valence-electron chi connectivity index (χ3n) is 7.42. The highest BCUT2D eigenvalue weighted by Gasteiger charge is 2.50. The quantitative estimate of drug-likeness (QED) is 0.159. The van der Waals surface area contributed by atoms with Crippen LogP contribution in [-0.2, 0) is 14.2 Å². The Balaban J connectivity index is 1.48. The third kappa shape index (κ3) is 5.86. The van der Waals surface area contributed by atoms with Gasteiger partial charge in [-0.25, -0.2) is 0 Å². The Morgan fingerprint density at radius 3 is 2.26 bits per heavy atom. The predicted molar refractivity (Wildman–Crippen MR) is 143 cm³/mol. The van der Waals surface area contributed by atoms with Gasteiger partial charge in [0.05, 0.1) is 19.8 Å². The standard InChI is InChI=1S/C28H32O15/c1-10-21(33)23(35)25(37)27(39-10)43-26-24(36)22(34)19(9-29)42-28(26)40-12-6-14(31)20-15(32)8-17(41-18(20)7-12)11-3-4-16(38-2)13(30)5-11/h3-8,10,19,21-31,33-37H,9H2,1-2H3/t10-,19-,21-,22-,23+,24+,25+,26-,27+,28-/m0/s1. The van der Waals surface area contributed by atoms with Crippen molar-refractivity contribution in [3.05, 3.63) is 46.6 Å². The van der Waals surface area contributed by atoms with Crippen molar-refractivity contribution < 1.29 is 69.0 Å². The summed E-state index contributed by atoms with van der Waals surface area (Å²) in [6, 6.07) is 7.77. The molecule has 234 valence electrons. The first-order valence-electron chi connectivity index (χ1n) is 13.3. The van der Waals surface area contributed by atoms with Crippen LogP contribution < -0.4 is 14.9 Å². The van der Waals surface area contributed by atoms with Crippen molar-refractivity contribution in [2.45, 2.75) is 68.3 Å². The van der Waals surface area contributed by atoms with Gasteiger partial charge in [0.25, 0.3) is 0 Å². The van der Waals surface area contributed by atoms with Crippen LogP contribution in [0.25, 0.3) is 22.3 Å². The molecule has 8 N–H and O–H groups in total. The summed E-state index contributed by atoms with van der Waals surface area (Å²) >= 11 is 0. The molecule has 43 heavy (non-hydrogen) atoms. The summed E-state index contributed by atoms with van der Waals surface area (Å²) in [7, 11) is 1.38. The molecule has 2 aliphatic rings. The molecule has 15 heteroatoms. The van der Waals surface area contributed by atoms with Crippen molar-refractivity contribution in [3.8, 4) is 34.3 Å². The molecule has 0 spiro atoms. The Hall–Kier alpha value is -3.51. The maximum Gasteiger partial charge on any atom is 0.229 e. The molecule has 0 amide bonds. The first-order chi connectivity index (χ1) is 20.4. The summed E-state index contributed by atoms with van der Waals surface area (Å²) in [5.74, 6) is -0.653. The lowest BCUT2D eigenvalue weighted by atomic mass is 9.97. The van der Waals surface area contributed by atoms with Crippen LogP contribution in [0, 0.1) is 0 Å². The fraction of sp³-hybridized carbons (Fsp3) is 0.464. The monoisotopic (exact) mass is 608 g/mol. The molecular weight excluding hydrogens is 576 g/mol. The summed E-state index contributed by atoms with van der Waals surface area (Å²) < 4.78 is 33.5. The Bertz CT molecular complexity index is 1510. The van der Waals surface area contributed by atoms with Crippen LogP contribution in [0.5, 0.6) is 23.0 Å². The van der Waals surface area contributed by atoms with E-state index in [1.54, 1.807) is 6.07 Å². The summed E-state index contributed by atoms with van der Waals surface area (Å²) in [5, 5.41) is 82.2. The van der Waals surface area contributed by atoms with Crippen molar-refractivity contribution >= 4 is 11.0 Å². The van der Waals surface area contributed by atoms with E-state index in [1.807, 2.05) is 0 Å². The number of phenols is 2. The van der Waals surface area contributed by atoms with E-state index in [0.29, 0.717) is 5.56 Å². The van der Waals surface area contributed by atoms with Gasteiger partial charge in [0, 0.05) is 23.8 Å². The van der Waals surface area contributed by atoms with Gasteiger partial charge in [-0.15, -0.1) is 0 Å². The van der Waals surface area contributed by atoms with E-state index in [2.05, 4.69) is 0 Å². The molecule has 0 bridgehead atoms. The Labute approximate surface area is 243 Å². The number of benzene rings is 2. The maximum atomic E-state index is 12.9. The molecule has 5 rings (SSSR count). The highest BCUT2D eigenvalue weighted by Crippen LogP contribution is 2.36. The van der Waals surface area contributed by atoms with Gasteiger partial charge in [-0.3, -0.25) is 4.79 Å². The lowest BCUT2D eigenvalue weighted by molar-refractivity contribution is -0.354. The topological polar surface area (TPSA) is 238 Å². The van der Waals surface area contributed by atoms with E-state index < -0.39 is 79.2 Å². The van der Waals surface area contributed by atoms with Gasteiger partial charge >= 0.3 is 0 Å². The molecular formula is C28H32O15. The molecule has 10 atom stereocenters. The Kier molecular flexibility index (Phi) is 8.80. The second-order valence-corrected chi connectivity index (χ2v) is 10.3. The van der Waals surface area contributed by atoms with Gasteiger partial charge in [0.1, 0.15) is 64.9 Å². The molecule has 0 radical (unpaired) electrons. The fourth-order valence-corrected chi connectivity index (χ4v) is 5.01. The third-order valence-corrected chi connectivity index (χ3v) is 7.42. The number of rotatable bonds is 7. The minimum atomic E-state index is -1.77. The Morgan fingerprint density at radius 2 is 1.58 bits per heavy atom. The van der Waals surface area contributed by atoms with Crippen molar-refractivity contribution in [3.63, 3.8) is 0 Å². The highest BCUT2D eigenvalue weighted by molar-refractivity contribution is 5.86. The van der Waals surface area contributed by atoms with Gasteiger partial charge in [-0.05, 0) is 25.1 Å². The van der Waals surface area contributed by atoms with Gasteiger partial charge in [0.2, 0.25) is 6.29 Å². The minimum absolute atomic E-state index is 0.0410. The van der Waals surface area contributed by atoms with Crippen molar-refractivity contribution in [2.24, 2.45) is 0 Å². The second kappa shape index (κ2) is 12.2. The Morgan fingerprint density at radius 1 is 0.837 bits per heavy atom. The lowest BCUT2D eigenvalue weighted by Gasteiger charge is -2.45. The number of ether oxygens (including phenoxy) is 5. The van der Waals surface area contributed by atoms with Crippen LogP contribution >= 0.6 is 0 Å². The summed E-state index contributed by atoms with van der Waals surface area (Å²) in [5.41, 5.74) is -0.414. The molecule has 2 saturated heterocycles. The van der Waals surface area contributed by atoms with Crippen molar-refractivity contribution in [1.29, 1.82) is 0 Å². The summed E-state index contributed by atoms with van der Waals surface area (Å²) in [4.78, 5) is 12.9. The molecule has 0 saturated carbocycles. The molecule has 3 aromatic rings. The normalized spacial score (nSPS) is 32.9. The lowest BCUT2D eigenvalue weighted by Crippen LogP contribution is -2.64. The zero-order chi connectivity index (χ0) is 31.2. The number of fused-ring (bicyclic) bond motifs is 1. The number of phenolic OH excluding ortho intramolecular Hbond substituents is 2. The summed E-state index contributed by atoms with van der Waals surface area (Å²) in [6.45, 7) is 0.687. The second-order valence-electron chi connectivity index (χ2n) is 10.3. The van der Waals surface area contributed by atoms with Gasteiger partial charge in [-0.2, -0.15) is 0 Å². The van der Waals surface area contributed by atoms with Crippen LogP contribution in [0.2, 0.25) is 0 Å². The smallest absolute Gasteiger partial charge is 0.229 e. The first-order valence-corrected chi connectivity index (χ1v) is 13.3. The fourth-order valence-electron chi connectivity index (χ4n) is 5.01. The molecule has 3 heterocycles. The van der Waals surface area contributed by atoms with Crippen molar-refractivity contribution in [1.82, 2.24) is 0 Å². The van der Waals surface area contributed by atoms with E-state index in [4.69, 9.17) is 28.1 Å².